The van der Waals surface area contributed by atoms with Crippen molar-refractivity contribution in [2.75, 3.05) is 36.0 Å². The second-order valence-electron chi connectivity index (χ2n) is 7.13. The van der Waals surface area contributed by atoms with Crippen LogP contribution in [0.4, 0.5) is 39.0 Å². The summed E-state index contributed by atoms with van der Waals surface area (Å²) in [5, 5.41) is 18.9. The van der Waals surface area contributed by atoms with Gasteiger partial charge in [-0.25, -0.2) is 13.6 Å². The first-order valence-electron chi connectivity index (χ1n) is 9.76. The predicted octanol–water partition coefficient (Wildman–Crippen LogP) is 4.38. The highest BCUT2D eigenvalue weighted by Crippen LogP contribution is 2.33. The number of benzene rings is 2. The number of nitro benzene ring substituents is 1. The van der Waals surface area contributed by atoms with E-state index < -0.39 is 28.7 Å². The van der Waals surface area contributed by atoms with Crippen LogP contribution in [0.2, 0.25) is 0 Å². The van der Waals surface area contributed by atoms with Crippen molar-refractivity contribution in [1.29, 1.82) is 0 Å². The summed E-state index contributed by atoms with van der Waals surface area (Å²) in [6, 6.07) is 10.1. The van der Waals surface area contributed by atoms with Crippen LogP contribution in [0.1, 0.15) is 0 Å². The Bertz CT molecular complexity index is 1210. The molecule has 0 bridgehead atoms. The molecule has 2 heterocycles. The molecule has 0 aliphatic carbocycles. The minimum absolute atomic E-state index is 0.0221. The molecule has 0 radical (unpaired) electrons. The number of fused-ring (bicyclic) bond motifs is 1. The smallest absolute Gasteiger partial charge is 0.475 e. The van der Waals surface area contributed by atoms with Gasteiger partial charge in [0.1, 0.15) is 17.2 Å². The van der Waals surface area contributed by atoms with Crippen LogP contribution >= 0.6 is 0 Å². The fraction of sp³-hybridized carbons (Fsp3) is 0.238. The van der Waals surface area contributed by atoms with Crippen molar-refractivity contribution in [2.45, 2.75) is 6.18 Å². The van der Waals surface area contributed by atoms with E-state index in [1.165, 1.54) is 18.2 Å². The maximum absolute atomic E-state index is 14.0. The monoisotopic (exact) mass is 484 g/mol. The first-order chi connectivity index (χ1) is 16.0. The Kier molecular flexibility index (Phi) is 7.13. The number of nitro groups is 1. The number of rotatable bonds is 3. The number of aromatic nitrogens is 1. The van der Waals surface area contributed by atoms with Gasteiger partial charge < -0.3 is 14.9 Å². The van der Waals surface area contributed by atoms with Crippen LogP contribution in [-0.2, 0) is 4.79 Å². The van der Waals surface area contributed by atoms with E-state index in [0.717, 1.165) is 11.8 Å². The average molecular weight is 484 g/mol. The van der Waals surface area contributed by atoms with Crippen molar-refractivity contribution in [1.82, 2.24) is 4.98 Å². The lowest BCUT2D eigenvalue weighted by Gasteiger charge is -2.37. The highest BCUT2D eigenvalue weighted by atomic mass is 19.4. The highest BCUT2D eigenvalue weighted by molar-refractivity contribution is 5.97. The Morgan fingerprint density at radius 3 is 2.09 bits per heavy atom. The van der Waals surface area contributed by atoms with Gasteiger partial charge in [0.25, 0.3) is 5.69 Å². The van der Waals surface area contributed by atoms with E-state index in [4.69, 9.17) is 9.90 Å². The Morgan fingerprint density at radius 1 is 1.00 bits per heavy atom. The molecule has 1 fully saturated rings. The molecule has 0 saturated carbocycles. The number of carbonyl (C=O) groups is 1. The van der Waals surface area contributed by atoms with Crippen LogP contribution in [0, 0.1) is 21.7 Å². The number of aliphatic carboxylic acids is 1. The lowest BCUT2D eigenvalue weighted by molar-refractivity contribution is -0.383. The second-order valence-corrected chi connectivity index (χ2v) is 7.13. The van der Waals surface area contributed by atoms with Crippen molar-refractivity contribution in [3.8, 4) is 0 Å². The summed E-state index contributed by atoms with van der Waals surface area (Å²) < 4.78 is 58.9. The van der Waals surface area contributed by atoms with Crippen molar-refractivity contribution in [3.05, 3.63) is 70.4 Å². The van der Waals surface area contributed by atoms with Crippen molar-refractivity contribution >= 4 is 33.9 Å². The van der Waals surface area contributed by atoms with Crippen LogP contribution < -0.4 is 9.80 Å². The number of halogens is 5. The van der Waals surface area contributed by atoms with Crippen LogP contribution in [-0.4, -0.2) is 53.3 Å². The topological polar surface area (TPSA) is 99.8 Å². The largest absolute Gasteiger partial charge is 0.490 e. The van der Waals surface area contributed by atoms with Gasteiger partial charge in [0.2, 0.25) is 0 Å². The third-order valence-corrected chi connectivity index (χ3v) is 5.04. The number of alkyl halides is 3. The molecule has 0 amide bonds. The van der Waals surface area contributed by atoms with Crippen LogP contribution in [0.15, 0.2) is 48.7 Å². The number of non-ortho nitro benzene ring substituents is 1. The quantitative estimate of drug-likeness (QED) is 0.335. The second kappa shape index (κ2) is 9.85. The SMILES string of the molecule is O=C(O)C(F)(F)F.O=[N+]([O-])c1ccc(N2CCN(c3ccc(F)cc3F)CC2)c2ncccc12. The third-order valence-electron chi connectivity index (χ3n) is 5.04. The Labute approximate surface area is 189 Å². The van der Waals surface area contributed by atoms with Crippen molar-refractivity contribution < 1.29 is 36.8 Å². The minimum Gasteiger partial charge on any atom is -0.475 e. The zero-order valence-corrected chi connectivity index (χ0v) is 17.3. The number of piperazine rings is 1. The van der Waals surface area contributed by atoms with E-state index in [2.05, 4.69) is 9.88 Å². The van der Waals surface area contributed by atoms with Gasteiger partial charge in [-0.05, 0) is 30.3 Å². The molecule has 1 N–H and O–H groups in total. The van der Waals surface area contributed by atoms with Crippen molar-refractivity contribution in [3.63, 3.8) is 0 Å². The van der Waals surface area contributed by atoms with Gasteiger partial charge in [-0.1, -0.05) is 0 Å². The zero-order valence-electron chi connectivity index (χ0n) is 17.3. The van der Waals surface area contributed by atoms with E-state index in [1.807, 2.05) is 4.90 Å². The minimum atomic E-state index is -5.08. The van der Waals surface area contributed by atoms with E-state index in [0.29, 0.717) is 42.8 Å². The zero-order chi connectivity index (χ0) is 25.0. The lowest BCUT2D eigenvalue weighted by Crippen LogP contribution is -2.47. The summed E-state index contributed by atoms with van der Waals surface area (Å²) in [4.78, 5) is 28.0. The van der Waals surface area contributed by atoms with Gasteiger partial charge >= 0.3 is 12.1 Å². The molecule has 0 atom stereocenters. The maximum Gasteiger partial charge on any atom is 0.490 e. The first kappa shape index (κ1) is 24.6. The summed E-state index contributed by atoms with van der Waals surface area (Å²) in [7, 11) is 0. The summed E-state index contributed by atoms with van der Waals surface area (Å²) in [6.45, 7) is 2.29. The third kappa shape index (κ3) is 5.47. The molecule has 8 nitrogen and oxygen atoms in total. The van der Waals surface area contributed by atoms with Crippen molar-refractivity contribution in [2.24, 2.45) is 0 Å². The fourth-order valence-electron chi connectivity index (χ4n) is 3.48. The Balaban J connectivity index is 0.000000406. The summed E-state index contributed by atoms with van der Waals surface area (Å²) in [5.41, 5.74) is 1.79. The van der Waals surface area contributed by atoms with Gasteiger partial charge in [-0.2, -0.15) is 13.2 Å². The van der Waals surface area contributed by atoms with Gasteiger partial charge in [-0.3, -0.25) is 15.1 Å². The van der Waals surface area contributed by atoms with Gasteiger partial charge in [-0.15, -0.1) is 0 Å². The lowest BCUT2D eigenvalue weighted by atomic mass is 10.1. The molecule has 0 unspecified atom stereocenters. The molecule has 180 valence electrons. The van der Waals surface area contributed by atoms with E-state index in [-0.39, 0.29) is 5.69 Å². The summed E-state index contributed by atoms with van der Waals surface area (Å²) >= 11 is 0. The molecule has 34 heavy (non-hydrogen) atoms. The number of hydrogen-bond acceptors (Lipinski definition) is 6. The molecule has 1 aliphatic heterocycles. The van der Waals surface area contributed by atoms with E-state index >= 15 is 0 Å². The standard InChI is InChI=1S/C19H16F2N4O2.C2HF3O2/c20-13-3-4-17(15(21)12-13)23-8-10-24(11-9-23)18-6-5-16(25(26)27)14-2-1-7-22-19(14)18;3-2(4,5)1(6)7/h1-7,12H,8-11H2;(H,6,7). The molecule has 1 aromatic heterocycles. The molecule has 1 aliphatic rings. The van der Waals surface area contributed by atoms with E-state index in [9.17, 15) is 32.1 Å². The Morgan fingerprint density at radius 2 is 1.56 bits per heavy atom. The molecular weight excluding hydrogens is 467 g/mol. The molecule has 3 aromatic rings. The van der Waals surface area contributed by atoms with Gasteiger partial charge in [0.15, 0.2) is 0 Å². The molecule has 1 saturated heterocycles. The Hall–Kier alpha value is -4.03. The predicted molar refractivity (Wildman–Crippen MR) is 113 cm³/mol. The molecule has 4 rings (SSSR count). The van der Waals surface area contributed by atoms with E-state index in [1.54, 1.807) is 24.4 Å². The number of anilines is 2. The van der Waals surface area contributed by atoms with Gasteiger partial charge in [0, 0.05) is 44.5 Å². The molecule has 0 spiro atoms. The highest BCUT2D eigenvalue weighted by Gasteiger charge is 2.38. The normalized spacial score (nSPS) is 13.9. The number of pyridine rings is 1. The summed E-state index contributed by atoms with van der Waals surface area (Å²) in [6.07, 6.45) is -3.47. The van der Waals surface area contributed by atoms with Crippen LogP contribution in [0.5, 0.6) is 0 Å². The number of nitrogens with zero attached hydrogens (tertiary/aromatic N) is 4. The number of carboxylic acids is 1. The van der Waals surface area contributed by atoms with Crippen LogP contribution in [0.3, 0.4) is 0 Å². The summed E-state index contributed by atoms with van der Waals surface area (Å²) in [5.74, 6) is -3.93. The van der Waals surface area contributed by atoms with Crippen LogP contribution in [0.25, 0.3) is 10.9 Å². The number of carboxylic acid groups (broad SMARTS) is 1. The average Bonchev–Trinajstić information content (AvgIpc) is 2.78. The molecule has 13 heteroatoms. The number of hydrogen-bond donors (Lipinski definition) is 1. The molecular formula is C21H17F5N4O4. The molecule has 2 aromatic carbocycles. The first-order valence-corrected chi connectivity index (χ1v) is 9.76. The fourth-order valence-corrected chi connectivity index (χ4v) is 3.48. The maximum atomic E-state index is 14.0. The van der Waals surface area contributed by atoms with Gasteiger partial charge in [0.05, 0.1) is 21.7 Å².